The van der Waals surface area contributed by atoms with Crippen LogP contribution in [0.4, 0.5) is 0 Å². The van der Waals surface area contributed by atoms with E-state index in [4.69, 9.17) is 15.3 Å². The molecule has 0 radical (unpaired) electrons. The molecule has 0 aliphatic carbocycles. The molecule has 1 rings (SSSR count). The molecule has 0 bridgehead atoms. The molecule has 5 nitrogen and oxygen atoms in total. The molecule has 19 heavy (non-hydrogen) atoms. The quantitative estimate of drug-likeness (QED) is 0.724. The lowest BCUT2D eigenvalue weighted by Gasteiger charge is -2.16. The van der Waals surface area contributed by atoms with E-state index in [9.17, 15) is 4.79 Å². The minimum atomic E-state index is -0.373. The van der Waals surface area contributed by atoms with Crippen molar-refractivity contribution in [3.63, 3.8) is 0 Å². The van der Waals surface area contributed by atoms with Gasteiger partial charge in [-0.2, -0.15) is 10.5 Å². The monoisotopic (exact) mass is 257 g/mol. The van der Waals surface area contributed by atoms with Crippen molar-refractivity contribution in [3.05, 3.63) is 29.8 Å². The molecule has 5 heteroatoms. The average Bonchev–Trinajstić information content (AvgIpc) is 2.45. The highest BCUT2D eigenvalue weighted by atomic mass is 16.5. The highest BCUT2D eigenvalue weighted by Crippen LogP contribution is 2.12. The van der Waals surface area contributed by atoms with Gasteiger partial charge >= 0.3 is 0 Å². The van der Waals surface area contributed by atoms with Crippen LogP contribution in [0.2, 0.25) is 0 Å². The highest BCUT2D eigenvalue weighted by Gasteiger charge is 2.13. The Hall–Kier alpha value is -2.53. The molecule has 0 spiro atoms. The molecule has 0 aliphatic heterocycles. The standard InChI is InChI=1S/C14H15N3O2/c1-2-12-3-5-13(6-4-12)19-11-14(18)17(9-7-15)10-8-16/h3-6H,2,9-11H2,1H3. The lowest BCUT2D eigenvalue weighted by Crippen LogP contribution is -2.35. The molecular weight excluding hydrogens is 242 g/mol. The SMILES string of the molecule is CCc1ccc(OCC(=O)N(CC#N)CC#N)cc1. The number of hydrogen-bond donors (Lipinski definition) is 0. The van der Waals surface area contributed by atoms with Gasteiger partial charge in [0, 0.05) is 0 Å². The second kappa shape index (κ2) is 7.73. The summed E-state index contributed by atoms with van der Waals surface area (Å²) in [7, 11) is 0. The van der Waals surface area contributed by atoms with Crippen molar-refractivity contribution >= 4 is 5.91 Å². The number of rotatable bonds is 6. The molecule has 0 saturated heterocycles. The number of nitriles is 2. The Bertz CT molecular complexity index is 481. The van der Waals surface area contributed by atoms with Gasteiger partial charge in [-0.15, -0.1) is 0 Å². The molecule has 1 aromatic rings. The Morgan fingerprint density at radius 2 is 1.79 bits per heavy atom. The van der Waals surface area contributed by atoms with Gasteiger partial charge in [-0.3, -0.25) is 4.79 Å². The molecule has 0 aromatic heterocycles. The summed E-state index contributed by atoms with van der Waals surface area (Å²) in [5.74, 6) is 0.224. The number of aryl methyl sites for hydroxylation is 1. The molecule has 1 aromatic carbocycles. The zero-order chi connectivity index (χ0) is 14.1. The predicted molar refractivity (Wildman–Crippen MR) is 69.1 cm³/mol. The molecule has 98 valence electrons. The maximum atomic E-state index is 11.7. The summed E-state index contributed by atoms with van der Waals surface area (Å²) < 4.78 is 5.33. The van der Waals surface area contributed by atoms with Crippen LogP contribution in [-0.2, 0) is 11.2 Å². The predicted octanol–water partition coefficient (Wildman–Crippen LogP) is 1.50. The smallest absolute Gasteiger partial charge is 0.262 e. The molecular formula is C14H15N3O2. The average molecular weight is 257 g/mol. The van der Waals surface area contributed by atoms with E-state index in [0.717, 1.165) is 11.3 Å². The maximum absolute atomic E-state index is 11.7. The zero-order valence-corrected chi connectivity index (χ0v) is 10.8. The normalized spacial score (nSPS) is 9.21. The van der Waals surface area contributed by atoms with Crippen molar-refractivity contribution in [2.24, 2.45) is 0 Å². The molecule has 0 unspecified atom stereocenters. The molecule has 1 amide bonds. The van der Waals surface area contributed by atoms with Crippen LogP contribution in [0.1, 0.15) is 12.5 Å². The van der Waals surface area contributed by atoms with Crippen LogP contribution in [-0.4, -0.2) is 30.5 Å². The van der Waals surface area contributed by atoms with Crippen LogP contribution >= 0.6 is 0 Å². The fourth-order valence-corrected chi connectivity index (χ4v) is 1.46. The van der Waals surface area contributed by atoms with Gasteiger partial charge in [0.05, 0.1) is 12.1 Å². The highest BCUT2D eigenvalue weighted by molar-refractivity contribution is 5.78. The van der Waals surface area contributed by atoms with Gasteiger partial charge < -0.3 is 9.64 Å². The Labute approximate surface area is 112 Å². The molecule has 0 aliphatic rings. The first-order valence-corrected chi connectivity index (χ1v) is 5.94. The van der Waals surface area contributed by atoms with Crippen LogP contribution in [0.3, 0.4) is 0 Å². The number of carbonyl (C=O) groups excluding carboxylic acids is 1. The maximum Gasteiger partial charge on any atom is 0.262 e. The van der Waals surface area contributed by atoms with Crippen LogP contribution < -0.4 is 4.74 Å². The van der Waals surface area contributed by atoms with Crippen molar-refractivity contribution in [1.82, 2.24) is 4.90 Å². The lowest BCUT2D eigenvalue weighted by atomic mass is 10.2. The summed E-state index contributed by atoms with van der Waals surface area (Å²) in [6.07, 6.45) is 0.942. The van der Waals surface area contributed by atoms with Crippen LogP contribution in [0.25, 0.3) is 0 Å². The summed E-state index contributed by atoms with van der Waals surface area (Å²) in [5, 5.41) is 17.1. The summed E-state index contributed by atoms with van der Waals surface area (Å²) in [6, 6.07) is 11.1. The largest absolute Gasteiger partial charge is 0.484 e. The van der Waals surface area contributed by atoms with E-state index in [1.54, 1.807) is 12.1 Å². The summed E-state index contributed by atoms with van der Waals surface area (Å²) in [5.41, 5.74) is 1.19. The Morgan fingerprint density at radius 3 is 2.26 bits per heavy atom. The van der Waals surface area contributed by atoms with Crippen LogP contribution in [0, 0.1) is 22.7 Å². The van der Waals surface area contributed by atoms with E-state index in [-0.39, 0.29) is 25.6 Å². The first-order chi connectivity index (χ1) is 9.21. The number of benzene rings is 1. The second-order valence-electron chi connectivity index (χ2n) is 3.85. The van der Waals surface area contributed by atoms with Crippen LogP contribution in [0.15, 0.2) is 24.3 Å². The number of ether oxygens (including phenoxy) is 1. The fraction of sp³-hybridized carbons (Fsp3) is 0.357. The van der Waals surface area contributed by atoms with Gasteiger partial charge in [-0.1, -0.05) is 19.1 Å². The van der Waals surface area contributed by atoms with Gasteiger partial charge in [0.15, 0.2) is 6.61 Å². The van der Waals surface area contributed by atoms with Gasteiger partial charge in [0.25, 0.3) is 5.91 Å². The number of carbonyl (C=O) groups is 1. The molecule has 0 heterocycles. The van der Waals surface area contributed by atoms with Gasteiger partial charge in [-0.25, -0.2) is 0 Å². The minimum Gasteiger partial charge on any atom is -0.484 e. The Balaban J connectivity index is 2.52. The number of amides is 1. The molecule has 0 saturated carbocycles. The summed E-state index contributed by atoms with van der Waals surface area (Å²) >= 11 is 0. The van der Waals surface area contributed by atoms with E-state index in [1.165, 1.54) is 5.56 Å². The van der Waals surface area contributed by atoms with E-state index >= 15 is 0 Å². The first kappa shape index (κ1) is 14.5. The van der Waals surface area contributed by atoms with Gasteiger partial charge in [-0.05, 0) is 24.1 Å². The third kappa shape index (κ3) is 4.69. The second-order valence-corrected chi connectivity index (χ2v) is 3.85. The topological polar surface area (TPSA) is 77.1 Å². The number of hydrogen-bond acceptors (Lipinski definition) is 4. The van der Waals surface area contributed by atoms with Crippen molar-refractivity contribution in [3.8, 4) is 17.9 Å². The summed E-state index contributed by atoms with van der Waals surface area (Å²) in [6.45, 7) is 1.67. The number of nitrogens with zero attached hydrogens (tertiary/aromatic N) is 3. The zero-order valence-electron chi connectivity index (χ0n) is 10.8. The summed E-state index contributed by atoms with van der Waals surface area (Å²) in [4.78, 5) is 12.9. The molecule has 0 N–H and O–H groups in total. The van der Waals surface area contributed by atoms with Crippen molar-refractivity contribution in [2.45, 2.75) is 13.3 Å². The third-order valence-electron chi connectivity index (χ3n) is 2.57. The van der Waals surface area contributed by atoms with E-state index in [2.05, 4.69) is 6.92 Å². The van der Waals surface area contributed by atoms with Gasteiger partial charge in [0.1, 0.15) is 18.8 Å². The van der Waals surface area contributed by atoms with E-state index in [0.29, 0.717) is 5.75 Å². The Morgan fingerprint density at radius 1 is 1.21 bits per heavy atom. The Kier molecular flexibility index (Phi) is 5.91. The lowest BCUT2D eigenvalue weighted by molar-refractivity contribution is -0.132. The van der Waals surface area contributed by atoms with Crippen molar-refractivity contribution in [2.75, 3.05) is 19.7 Å². The van der Waals surface area contributed by atoms with Crippen LogP contribution in [0.5, 0.6) is 5.75 Å². The molecule has 0 atom stereocenters. The fourth-order valence-electron chi connectivity index (χ4n) is 1.46. The van der Waals surface area contributed by atoms with Crippen molar-refractivity contribution < 1.29 is 9.53 Å². The minimum absolute atomic E-state index is 0.107. The van der Waals surface area contributed by atoms with Crippen molar-refractivity contribution in [1.29, 1.82) is 10.5 Å². The van der Waals surface area contributed by atoms with Gasteiger partial charge in [0.2, 0.25) is 0 Å². The third-order valence-corrected chi connectivity index (χ3v) is 2.57. The first-order valence-electron chi connectivity index (χ1n) is 5.94. The van der Waals surface area contributed by atoms with E-state index in [1.807, 2.05) is 24.3 Å². The molecule has 0 fully saturated rings. The van der Waals surface area contributed by atoms with E-state index < -0.39 is 0 Å².